The molecule has 0 bridgehead atoms. The smallest absolute Gasteiger partial charge is 0.258 e. The molecule has 0 saturated carbocycles. The highest BCUT2D eigenvalue weighted by Gasteiger charge is 2.39. The number of likely N-dealkylation sites (tertiary alicyclic amines) is 1. The Morgan fingerprint density at radius 2 is 1.92 bits per heavy atom. The van der Waals surface area contributed by atoms with Crippen LogP contribution in [0.5, 0.6) is 0 Å². The first kappa shape index (κ1) is 24.9. The van der Waals surface area contributed by atoms with Gasteiger partial charge < -0.3 is 20.9 Å². The van der Waals surface area contributed by atoms with Crippen LogP contribution in [0.15, 0.2) is 35.3 Å². The Hall–Kier alpha value is -2.38. The van der Waals surface area contributed by atoms with Gasteiger partial charge in [0.2, 0.25) is 11.4 Å². The lowest BCUT2D eigenvalue weighted by molar-refractivity contribution is 0.0957. The van der Waals surface area contributed by atoms with E-state index in [4.69, 9.17) is 10.7 Å². The van der Waals surface area contributed by atoms with Crippen LogP contribution in [0, 0.1) is 11.8 Å². The molecular weight excluding hydrogens is 527 g/mol. The number of carbonyl (C=O) groups excluding carboxylic acids is 1. The van der Waals surface area contributed by atoms with Crippen LogP contribution < -0.4 is 21.4 Å². The molecule has 2 saturated heterocycles. The molecule has 9 nitrogen and oxygen atoms in total. The van der Waals surface area contributed by atoms with E-state index in [0.29, 0.717) is 46.7 Å². The summed E-state index contributed by atoms with van der Waals surface area (Å²) in [4.78, 5) is 41.8. The molecule has 2 aliphatic rings. The molecule has 0 aliphatic carbocycles. The van der Waals surface area contributed by atoms with Gasteiger partial charge in [-0.2, -0.15) is 4.98 Å². The second-order valence-electron chi connectivity index (χ2n) is 9.66. The van der Waals surface area contributed by atoms with Gasteiger partial charge in [-0.05, 0) is 31.0 Å². The van der Waals surface area contributed by atoms with Crippen molar-refractivity contribution in [2.75, 3.05) is 62.7 Å². The van der Waals surface area contributed by atoms with E-state index in [1.165, 1.54) is 11.3 Å². The number of thiazole rings is 1. The first-order valence-corrected chi connectivity index (χ1v) is 15.7. The van der Waals surface area contributed by atoms with Crippen LogP contribution in [-0.4, -0.2) is 83.0 Å². The molecule has 6 rings (SSSR count). The van der Waals surface area contributed by atoms with Crippen molar-refractivity contribution in [2.24, 2.45) is 17.6 Å². The SMILES string of the molecule is CN1CC2CN(c3ncc4c(=O)c(C(=O)NCCSSCCN)c5sc6ccccc6n5c4n3)CC2C1. The number of anilines is 1. The van der Waals surface area contributed by atoms with Crippen molar-refractivity contribution < 1.29 is 4.79 Å². The van der Waals surface area contributed by atoms with E-state index in [1.807, 2.05) is 28.7 Å². The van der Waals surface area contributed by atoms with Gasteiger partial charge in [0.1, 0.15) is 10.4 Å². The van der Waals surface area contributed by atoms with Crippen molar-refractivity contribution in [2.45, 2.75) is 0 Å². The number of pyridine rings is 1. The Balaban J connectivity index is 1.40. The maximum atomic E-state index is 13.7. The van der Waals surface area contributed by atoms with E-state index >= 15 is 0 Å². The highest BCUT2D eigenvalue weighted by Crippen LogP contribution is 2.34. The third-order valence-electron chi connectivity index (χ3n) is 7.10. The highest BCUT2D eigenvalue weighted by molar-refractivity contribution is 8.76. The highest BCUT2D eigenvalue weighted by atomic mass is 33.1. The Kier molecular flexibility index (Phi) is 7.01. The largest absolute Gasteiger partial charge is 0.351 e. The number of hydrogen-bond acceptors (Lipinski definition) is 10. The van der Waals surface area contributed by atoms with E-state index in [9.17, 15) is 9.59 Å². The first-order chi connectivity index (χ1) is 18.0. The number of nitrogens with one attached hydrogen (secondary N) is 1. The number of aromatic nitrogens is 3. The fraction of sp³-hybridized carbons (Fsp3) is 0.440. The average molecular weight is 556 g/mol. The summed E-state index contributed by atoms with van der Waals surface area (Å²) in [6.07, 6.45) is 1.61. The second kappa shape index (κ2) is 10.4. The van der Waals surface area contributed by atoms with Gasteiger partial charge in [0.25, 0.3) is 5.91 Å². The zero-order valence-corrected chi connectivity index (χ0v) is 23.0. The number of hydrogen-bond donors (Lipinski definition) is 2. The zero-order chi connectivity index (χ0) is 25.5. The van der Waals surface area contributed by atoms with Crippen molar-refractivity contribution in [3.05, 3.63) is 46.2 Å². The molecule has 37 heavy (non-hydrogen) atoms. The molecule has 3 N–H and O–H groups in total. The number of carbonyl (C=O) groups is 1. The summed E-state index contributed by atoms with van der Waals surface area (Å²) in [6.45, 7) is 5.13. The number of amides is 1. The van der Waals surface area contributed by atoms with E-state index in [1.54, 1.807) is 27.8 Å². The molecule has 2 atom stereocenters. The number of nitrogens with zero attached hydrogens (tertiary/aromatic N) is 5. The van der Waals surface area contributed by atoms with Crippen LogP contribution in [0.3, 0.4) is 0 Å². The minimum atomic E-state index is -0.360. The maximum absolute atomic E-state index is 13.7. The Labute approximate surface area is 226 Å². The predicted octanol–water partition coefficient (Wildman–Crippen LogP) is 2.53. The molecule has 1 amide bonds. The number of benzene rings is 1. The quantitative estimate of drug-likeness (QED) is 0.250. The van der Waals surface area contributed by atoms with Crippen molar-refractivity contribution in [3.63, 3.8) is 0 Å². The molecule has 1 aromatic carbocycles. The molecule has 12 heteroatoms. The van der Waals surface area contributed by atoms with Gasteiger partial charge in [0.05, 0.1) is 15.6 Å². The van der Waals surface area contributed by atoms with Crippen LogP contribution in [0.1, 0.15) is 10.4 Å². The summed E-state index contributed by atoms with van der Waals surface area (Å²) >= 11 is 1.45. The predicted molar refractivity (Wildman–Crippen MR) is 155 cm³/mol. The lowest BCUT2D eigenvalue weighted by Gasteiger charge is -2.19. The van der Waals surface area contributed by atoms with Crippen LogP contribution >= 0.6 is 32.9 Å². The normalized spacial score (nSPS) is 19.9. The topological polar surface area (TPSA) is 109 Å². The third kappa shape index (κ3) is 4.59. The summed E-state index contributed by atoms with van der Waals surface area (Å²) in [5.41, 5.74) is 6.85. The van der Waals surface area contributed by atoms with E-state index < -0.39 is 0 Å². The molecule has 0 radical (unpaired) electrons. The summed E-state index contributed by atoms with van der Waals surface area (Å²) < 4.78 is 2.96. The average Bonchev–Trinajstić information content (AvgIpc) is 3.56. The van der Waals surface area contributed by atoms with E-state index in [-0.39, 0.29) is 16.9 Å². The minimum absolute atomic E-state index is 0.156. The molecule has 2 aliphatic heterocycles. The number of fused-ring (bicyclic) bond motifs is 6. The van der Waals surface area contributed by atoms with Crippen LogP contribution in [0.4, 0.5) is 5.95 Å². The van der Waals surface area contributed by atoms with E-state index in [2.05, 4.69) is 27.1 Å². The molecule has 5 heterocycles. The molecule has 194 valence electrons. The second-order valence-corrected chi connectivity index (χ2v) is 13.4. The molecule has 2 fully saturated rings. The maximum Gasteiger partial charge on any atom is 0.258 e. The van der Waals surface area contributed by atoms with E-state index in [0.717, 1.165) is 47.9 Å². The van der Waals surface area contributed by atoms with Crippen LogP contribution in [-0.2, 0) is 0 Å². The van der Waals surface area contributed by atoms with Crippen LogP contribution in [0.25, 0.3) is 26.1 Å². The van der Waals surface area contributed by atoms with Gasteiger partial charge in [-0.3, -0.25) is 14.0 Å². The van der Waals surface area contributed by atoms with Crippen molar-refractivity contribution in [1.82, 2.24) is 24.6 Å². The lowest BCUT2D eigenvalue weighted by atomic mass is 10.0. The number of nitrogens with two attached hydrogens (primary N) is 1. The standard InChI is InChI=1S/C25H29N7O2S3/c1-30-11-15-13-31(14-16(15)12-30)25-28-10-17-21(33)20(23(34)27-7-9-36-35-8-6-26)24-32(22(17)29-25)18-4-2-3-5-19(18)37-24/h2-5,10,15-16H,6-9,11-14,26H2,1H3,(H,27,34). The van der Waals surface area contributed by atoms with Gasteiger partial charge in [0.15, 0.2) is 5.65 Å². The lowest BCUT2D eigenvalue weighted by Crippen LogP contribution is -2.31. The van der Waals surface area contributed by atoms with Gasteiger partial charge in [-0.1, -0.05) is 33.7 Å². The summed E-state index contributed by atoms with van der Waals surface area (Å²) in [7, 11) is 5.52. The molecule has 4 aromatic rings. The minimum Gasteiger partial charge on any atom is -0.351 e. The molecule has 3 aromatic heterocycles. The van der Waals surface area contributed by atoms with Gasteiger partial charge >= 0.3 is 0 Å². The molecular formula is C25H29N7O2S3. The molecule has 2 unspecified atom stereocenters. The first-order valence-electron chi connectivity index (χ1n) is 12.4. The Bertz CT molecular complexity index is 1520. The Morgan fingerprint density at radius 1 is 1.16 bits per heavy atom. The van der Waals surface area contributed by atoms with Crippen LogP contribution in [0.2, 0.25) is 0 Å². The van der Waals surface area contributed by atoms with Gasteiger partial charge in [0, 0.05) is 57.0 Å². The fourth-order valence-electron chi connectivity index (χ4n) is 5.49. The fourth-order valence-corrected chi connectivity index (χ4v) is 8.44. The molecule has 0 spiro atoms. The van der Waals surface area contributed by atoms with Crippen molar-refractivity contribution in [3.8, 4) is 0 Å². The zero-order valence-electron chi connectivity index (χ0n) is 20.6. The number of rotatable bonds is 8. The summed E-state index contributed by atoms with van der Waals surface area (Å²) in [5.74, 6) is 3.13. The summed E-state index contributed by atoms with van der Waals surface area (Å²) in [5, 5.41) is 3.30. The third-order valence-corrected chi connectivity index (χ3v) is 10.7. The number of para-hydroxylation sites is 1. The van der Waals surface area contributed by atoms with Crippen molar-refractivity contribution in [1.29, 1.82) is 0 Å². The van der Waals surface area contributed by atoms with Gasteiger partial charge in [-0.25, -0.2) is 4.98 Å². The Morgan fingerprint density at radius 3 is 2.70 bits per heavy atom. The van der Waals surface area contributed by atoms with Gasteiger partial charge in [-0.15, -0.1) is 11.3 Å². The summed E-state index contributed by atoms with van der Waals surface area (Å²) in [6, 6.07) is 7.95. The van der Waals surface area contributed by atoms with Crippen molar-refractivity contribution >= 4 is 70.9 Å². The monoisotopic (exact) mass is 555 g/mol.